The van der Waals surface area contributed by atoms with Gasteiger partial charge >= 0.3 is 0 Å². The van der Waals surface area contributed by atoms with Gasteiger partial charge in [0.15, 0.2) is 0 Å². The highest BCUT2D eigenvalue weighted by Gasteiger charge is 2.00. The smallest absolute Gasteiger partial charge is 0.241 e. The molecule has 0 radical (unpaired) electrons. The Balaban J connectivity index is 3.04. The van der Waals surface area contributed by atoms with Gasteiger partial charge in [0.1, 0.15) is 5.82 Å². The predicted molar refractivity (Wildman–Crippen MR) is 50.6 cm³/mol. The summed E-state index contributed by atoms with van der Waals surface area (Å²) in [5.41, 5.74) is 5.88. The average molecular weight is 195 g/mol. The van der Waals surface area contributed by atoms with Crippen LogP contribution in [0.3, 0.4) is 0 Å². The fraction of sp³-hybridized carbons (Fsp3) is 0.100. The third kappa shape index (κ3) is 2.67. The molecule has 0 aromatic heterocycles. The van der Waals surface area contributed by atoms with Gasteiger partial charge in [-0.3, -0.25) is 4.79 Å². The number of aliphatic hydroxyl groups excluding tert-OH is 1. The minimum Gasteiger partial charge on any atom is -0.392 e. The summed E-state index contributed by atoms with van der Waals surface area (Å²) in [5.74, 6) is -1.04. The maximum Gasteiger partial charge on any atom is 0.241 e. The summed E-state index contributed by atoms with van der Waals surface area (Å²) in [7, 11) is 0. The Labute approximate surface area is 80.7 Å². The van der Waals surface area contributed by atoms with Gasteiger partial charge in [0, 0.05) is 6.08 Å². The molecule has 1 aromatic carbocycles. The fourth-order valence-corrected chi connectivity index (χ4v) is 1.04. The van der Waals surface area contributed by atoms with Gasteiger partial charge < -0.3 is 10.8 Å². The van der Waals surface area contributed by atoms with Crippen molar-refractivity contribution in [3.8, 4) is 0 Å². The molecule has 14 heavy (non-hydrogen) atoms. The number of carbonyl (C=O) groups excluding carboxylic acids is 1. The first-order valence-corrected chi connectivity index (χ1v) is 4.00. The maximum atomic E-state index is 12.8. The number of hydrogen-bond acceptors (Lipinski definition) is 2. The van der Waals surface area contributed by atoms with Gasteiger partial charge in [-0.1, -0.05) is 6.07 Å². The zero-order valence-electron chi connectivity index (χ0n) is 7.40. The summed E-state index contributed by atoms with van der Waals surface area (Å²) in [4.78, 5) is 10.4. The lowest BCUT2D eigenvalue weighted by molar-refractivity contribution is -0.113. The molecule has 3 nitrogen and oxygen atoms in total. The van der Waals surface area contributed by atoms with Crippen LogP contribution in [-0.4, -0.2) is 11.0 Å². The van der Waals surface area contributed by atoms with Crippen LogP contribution >= 0.6 is 0 Å². The molecule has 0 unspecified atom stereocenters. The molecule has 0 heterocycles. The van der Waals surface area contributed by atoms with E-state index < -0.39 is 11.7 Å². The van der Waals surface area contributed by atoms with E-state index in [1.165, 1.54) is 24.3 Å². The molecule has 0 aliphatic rings. The normalized spacial score (nSPS) is 10.7. The molecular weight excluding hydrogens is 185 g/mol. The molecule has 4 heteroatoms. The van der Waals surface area contributed by atoms with E-state index in [2.05, 4.69) is 0 Å². The van der Waals surface area contributed by atoms with Crippen molar-refractivity contribution >= 4 is 12.0 Å². The van der Waals surface area contributed by atoms with Crippen molar-refractivity contribution < 1.29 is 14.3 Å². The summed E-state index contributed by atoms with van der Waals surface area (Å²) in [6, 6.07) is 3.92. The molecule has 1 amide bonds. The molecule has 0 fully saturated rings. The first-order valence-electron chi connectivity index (χ1n) is 4.00. The highest BCUT2D eigenvalue weighted by Crippen LogP contribution is 2.12. The second-order valence-electron chi connectivity index (χ2n) is 2.74. The molecule has 0 aliphatic heterocycles. The molecule has 3 N–H and O–H groups in total. The van der Waals surface area contributed by atoms with E-state index in [0.717, 1.165) is 6.08 Å². The first-order chi connectivity index (χ1) is 6.63. The molecule has 0 saturated carbocycles. The van der Waals surface area contributed by atoms with Gasteiger partial charge in [0.25, 0.3) is 0 Å². The highest BCUT2D eigenvalue weighted by atomic mass is 19.1. The third-order valence-corrected chi connectivity index (χ3v) is 1.71. The zero-order chi connectivity index (χ0) is 10.6. The fourth-order valence-electron chi connectivity index (χ4n) is 1.04. The summed E-state index contributed by atoms with van der Waals surface area (Å²) in [6.07, 6.45) is 2.49. The number of aliphatic hydroxyl groups is 1. The van der Waals surface area contributed by atoms with Crippen molar-refractivity contribution in [3.05, 3.63) is 41.2 Å². The number of primary amides is 1. The van der Waals surface area contributed by atoms with Crippen LogP contribution in [0.4, 0.5) is 4.39 Å². The van der Waals surface area contributed by atoms with Crippen molar-refractivity contribution in [2.75, 3.05) is 0 Å². The van der Waals surface area contributed by atoms with Crippen molar-refractivity contribution in [2.45, 2.75) is 6.61 Å². The Hall–Kier alpha value is -1.68. The lowest BCUT2D eigenvalue weighted by Gasteiger charge is -2.01. The van der Waals surface area contributed by atoms with E-state index in [1.54, 1.807) is 0 Å². The minimum atomic E-state index is -0.613. The van der Waals surface area contributed by atoms with Crippen LogP contribution in [0.15, 0.2) is 24.3 Å². The van der Waals surface area contributed by atoms with Crippen LogP contribution in [0.25, 0.3) is 6.08 Å². The van der Waals surface area contributed by atoms with Crippen molar-refractivity contribution in [1.82, 2.24) is 0 Å². The van der Waals surface area contributed by atoms with Gasteiger partial charge in [0.2, 0.25) is 5.91 Å². The molecule has 0 aliphatic carbocycles. The van der Waals surface area contributed by atoms with Crippen LogP contribution < -0.4 is 5.73 Å². The molecule has 0 saturated heterocycles. The van der Waals surface area contributed by atoms with E-state index >= 15 is 0 Å². The lowest BCUT2D eigenvalue weighted by Crippen LogP contribution is -2.05. The van der Waals surface area contributed by atoms with Crippen LogP contribution in [0, 0.1) is 5.82 Å². The first kappa shape index (κ1) is 10.4. The van der Waals surface area contributed by atoms with Crippen molar-refractivity contribution in [3.63, 3.8) is 0 Å². The summed E-state index contributed by atoms with van der Waals surface area (Å²) in [5, 5.41) is 8.90. The Bertz CT molecular complexity index is 374. The second-order valence-corrected chi connectivity index (χ2v) is 2.74. The molecule has 1 rings (SSSR count). The Morgan fingerprint density at radius 2 is 2.29 bits per heavy atom. The number of amides is 1. The van der Waals surface area contributed by atoms with E-state index in [0.29, 0.717) is 11.1 Å². The Morgan fingerprint density at radius 3 is 2.86 bits per heavy atom. The van der Waals surface area contributed by atoms with Gasteiger partial charge in [-0.15, -0.1) is 0 Å². The Kier molecular flexibility index (Phi) is 3.36. The molecule has 0 spiro atoms. The van der Waals surface area contributed by atoms with Crippen LogP contribution in [-0.2, 0) is 11.4 Å². The molecule has 0 bridgehead atoms. The maximum absolute atomic E-state index is 12.8. The zero-order valence-corrected chi connectivity index (χ0v) is 7.40. The summed E-state index contributed by atoms with van der Waals surface area (Å²) < 4.78 is 12.8. The van der Waals surface area contributed by atoms with Crippen molar-refractivity contribution in [1.29, 1.82) is 0 Å². The second kappa shape index (κ2) is 4.53. The molecule has 74 valence electrons. The summed E-state index contributed by atoms with van der Waals surface area (Å²) in [6.45, 7) is -0.210. The number of benzene rings is 1. The molecule has 0 atom stereocenters. The van der Waals surface area contributed by atoms with Crippen LogP contribution in [0.1, 0.15) is 11.1 Å². The predicted octanol–water partition coefficient (Wildman–Crippen LogP) is 0.817. The van der Waals surface area contributed by atoms with Gasteiger partial charge in [-0.05, 0) is 29.3 Å². The van der Waals surface area contributed by atoms with Gasteiger partial charge in [0.05, 0.1) is 6.61 Å². The largest absolute Gasteiger partial charge is 0.392 e. The quantitative estimate of drug-likeness (QED) is 0.701. The minimum absolute atomic E-state index is 0.210. The lowest BCUT2D eigenvalue weighted by atomic mass is 10.1. The number of carbonyl (C=O) groups is 1. The molecule has 1 aromatic rings. The van der Waals surface area contributed by atoms with Crippen LogP contribution in [0.5, 0.6) is 0 Å². The topological polar surface area (TPSA) is 63.3 Å². The SMILES string of the molecule is NC(=O)C=Cc1cc(F)ccc1CO. The van der Waals surface area contributed by atoms with E-state index in [1.807, 2.05) is 0 Å². The van der Waals surface area contributed by atoms with Crippen LogP contribution in [0.2, 0.25) is 0 Å². The number of halogens is 1. The monoisotopic (exact) mass is 195 g/mol. The Morgan fingerprint density at radius 1 is 1.57 bits per heavy atom. The number of nitrogens with two attached hydrogens (primary N) is 1. The highest BCUT2D eigenvalue weighted by molar-refractivity contribution is 5.90. The van der Waals surface area contributed by atoms with E-state index in [-0.39, 0.29) is 6.61 Å². The third-order valence-electron chi connectivity index (χ3n) is 1.71. The van der Waals surface area contributed by atoms with E-state index in [4.69, 9.17) is 10.8 Å². The number of rotatable bonds is 3. The molecular formula is C10H10FNO2. The van der Waals surface area contributed by atoms with Gasteiger partial charge in [-0.2, -0.15) is 0 Å². The number of hydrogen-bond donors (Lipinski definition) is 2. The van der Waals surface area contributed by atoms with Crippen molar-refractivity contribution in [2.24, 2.45) is 5.73 Å². The summed E-state index contributed by atoms with van der Waals surface area (Å²) >= 11 is 0. The standard InChI is InChI=1S/C10H10FNO2/c11-9-3-1-8(6-13)7(5-9)2-4-10(12)14/h1-5,13H,6H2,(H2,12,14). The van der Waals surface area contributed by atoms with E-state index in [9.17, 15) is 9.18 Å². The van der Waals surface area contributed by atoms with Gasteiger partial charge in [-0.25, -0.2) is 4.39 Å². The average Bonchev–Trinajstić information content (AvgIpc) is 2.15.